The lowest BCUT2D eigenvalue weighted by Gasteiger charge is -2.35. The van der Waals surface area contributed by atoms with Crippen molar-refractivity contribution in [1.82, 2.24) is 0 Å². The number of ketones is 1. The third-order valence-corrected chi connectivity index (χ3v) is 4.22. The molecule has 110 valence electrons. The second-order valence-electron chi connectivity index (χ2n) is 6.13. The number of hydrogen-bond acceptors (Lipinski definition) is 3. The van der Waals surface area contributed by atoms with Crippen molar-refractivity contribution in [3.05, 3.63) is 29.8 Å². The first-order valence-corrected chi connectivity index (χ1v) is 7.62. The van der Waals surface area contributed by atoms with E-state index in [0.717, 1.165) is 30.5 Å². The largest absolute Gasteiger partial charge is 0.388 e. The van der Waals surface area contributed by atoms with Crippen LogP contribution in [0.4, 0.5) is 5.69 Å². The number of anilines is 1. The van der Waals surface area contributed by atoms with E-state index in [1.54, 1.807) is 0 Å². The van der Waals surface area contributed by atoms with Gasteiger partial charge in [0.15, 0.2) is 5.78 Å². The molecule has 0 radical (unpaired) electrons. The lowest BCUT2D eigenvalue weighted by Crippen LogP contribution is -2.41. The standard InChI is InChI=1S/C17H25NO2/c1-3-16(19)14-6-8-15(9-7-14)18-12-17(20)10-4-5-13(2)11-17/h6-9,13,18,20H,3-5,10-12H2,1-2H3. The molecule has 0 aromatic heterocycles. The minimum atomic E-state index is -0.588. The molecule has 3 nitrogen and oxygen atoms in total. The number of benzene rings is 1. The van der Waals surface area contributed by atoms with Gasteiger partial charge in [-0.05, 0) is 43.0 Å². The van der Waals surface area contributed by atoms with Gasteiger partial charge in [0.2, 0.25) is 0 Å². The second kappa shape index (κ2) is 6.40. The fourth-order valence-electron chi connectivity index (χ4n) is 3.04. The molecule has 0 bridgehead atoms. The Balaban J connectivity index is 1.92. The van der Waals surface area contributed by atoms with Crippen LogP contribution in [0.5, 0.6) is 0 Å². The maximum atomic E-state index is 11.6. The van der Waals surface area contributed by atoms with Crippen LogP contribution in [0.25, 0.3) is 0 Å². The van der Waals surface area contributed by atoms with Gasteiger partial charge in [-0.3, -0.25) is 4.79 Å². The normalized spacial score (nSPS) is 26.2. The zero-order chi connectivity index (χ0) is 14.6. The molecule has 0 spiro atoms. The molecule has 2 rings (SSSR count). The SMILES string of the molecule is CCC(=O)c1ccc(NCC2(O)CCCC(C)C2)cc1. The maximum Gasteiger partial charge on any atom is 0.162 e. The fraction of sp³-hybridized carbons (Fsp3) is 0.588. The smallest absolute Gasteiger partial charge is 0.162 e. The molecule has 1 saturated carbocycles. The van der Waals surface area contributed by atoms with Crippen LogP contribution in [0.2, 0.25) is 0 Å². The van der Waals surface area contributed by atoms with Crippen LogP contribution in [0.1, 0.15) is 56.3 Å². The van der Waals surface area contributed by atoms with E-state index in [-0.39, 0.29) is 5.78 Å². The molecule has 1 fully saturated rings. The molecule has 0 saturated heterocycles. The van der Waals surface area contributed by atoms with Crippen molar-refractivity contribution in [2.75, 3.05) is 11.9 Å². The van der Waals surface area contributed by atoms with Gasteiger partial charge in [-0.25, -0.2) is 0 Å². The first kappa shape index (κ1) is 15.0. The summed E-state index contributed by atoms with van der Waals surface area (Å²) in [7, 11) is 0. The summed E-state index contributed by atoms with van der Waals surface area (Å²) in [5, 5.41) is 13.9. The summed E-state index contributed by atoms with van der Waals surface area (Å²) in [5.74, 6) is 0.761. The van der Waals surface area contributed by atoms with Crippen LogP contribution in [0.3, 0.4) is 0 Å². The molecule has 20 heavy (non-hydrogen) atoms. The average molecular weight is 275 g/mol. The number of carbonyl (C=O) groups excluding carboxylic acids is 1. The lowest BCUT2D eigenvalue weighted by molar-refractivity contribution is -0.000766. The quantitative estimate of drug-likeness (QED) is 0.807. The number of rotatable bonds is 5. The van der Waals surface area contributed by atoms with E-state index in [1.807, 2.05) is 31.2 Å². The summed E-state index contributed by atoms with van der Waals surface area (Å²) in [5.41, 5.74) is 1.13. The van der Waals surface area contributed by atoms with Gasteiger partial charge >= 0.3 is 0 Å². The zero-order valence-electron chi connectivity index (χ0n) is 12.5. The molecule has 0 heterocycles. The van der Waals surface area contributed by atoms with Gasteiger partial charge in [-0.15, -0.1) is 0 Å². The van der Waals surface area contributed by atoms with Crippen molar-refractivity contribution >= 4 is 11.5 Å². The molecule has 1 aliphatic rings. The Morgan fingerprint density at radius 1 is 1.40 bits per heavy atom. The predicted molar refractivity (Wildman–Crippen MR) is 82.1 cm³/mol. The van der Waals surface area contributed by atoms with Crippen molar-refractivity contribution in [2.24, 2.45) is 5.92 Å². The number of nitrogens with one attached hydrogen (secondary N) is 1. The van der Waals surface area contributed by atoms with Crippen molar-refractivity contribution in [1.29, 1.82) is 0 Å². The zero-order valence-corrected chi connectivity index (χ0v) is 12.5. The summed E-state index contributed by atoms with van der Waals surface area (Å²) in [4.78, 5) is 11.6. The van der Waals surface area contributed by atoms with Gasteiger partial charge in [0.1, 0.15) is 0 Å². The number of aliphatic hydroxyl groups is 1. The summed E-state index contributed by atoms with van der Waals surface area (Å²) in [6.07, 6.45) is 4.59. The van der Waals surface area contributed by atoms with E-state index in [4.69, 9.17) is 0 Å². The monoisotopic (exact) mass is 275 g/mol. The van der Waals surface area contributed by atoms with Gasteiger partial charge in [0.05, 0.1) is 5.60 Å². The summed E-state index contributed by atoms with van der Waals surface area (Å²) >= 11 is 0. The maximum absolute atomic E-state index is 11.6. The van der Waals surface area contributed by atoms with Crippen molar-refractivity contribution in [3.8, 4) is 0 Å². The summed E-state index contributed by atoms with van der Waals surface area (Å²) in [6.45, 7) is 4.65. The first-order chi connectivity index (χ1) is 9.52. The molecule has 0 aliphatic heterocycles. The topological polar surface area (TPSA) is 49.3 Å². The van der Waals surface area contributed by atoms with Crippen LogP contribution in [-0.2, 0) is 0 Å². The molecule has 1 aromatic rings. The van der Waals surface area contributed by atoms with Crippen LogP contribution in [0, 0.1) is 5.92 Å². The Kier molecular flexibility index (Phi) is 4.81. The number of hydrogen-bond donors (Lipinski definition) is 2. The third kappa shape index (κ3) is 3.83. The van der Waals surface area contributed by atoms with Gasteiger partial charge in [0, 0.05) is 24.2 Å². The Bertz CT molecular complexity index is 455. The van der Waals surface area contributed by atoms with Crippen molar-refractivity contribution < 1.29 is 9.90 Å². The summed E-state index contributed by atoms with van der Waals surface area (Å²) < 4.78 is 0. The Morgan fingerprint density at radius 2 is 2.10 bits per heavy atom. The third-order valence-electron chi connectivity index (χ3n) is 4.22. The van der Waals surface area contributed by atoms with Crippen LogP contribution >= 0.6 is 0 Å². The Hall–Kier alpha value is -1.35. The van der Waals surface area contributed by atoms with Crippen LogP contribution in [0.15, 0.2) is 24.3 Å². The number of carbonyl (C=O) groups is 1. The molecule has 2 atom stereocenters. The first-order valence-electron chi connectivity index (χ1n) is 7.62. The molecule has 1 aliphatic carbocycles. The molecule has 2 N–H and O–H groups in total. The molecule has 2 unspecified atom stereocenters. The molecular formula is C17H25NO2. The fourth-order valence-corrected chi connectivity index (χ4v) is 3.04. The highest BCUT2D eigenvalue weighted by Crippen LogP contribution is 2.32. The highest BCUT2D eigenvalue weighted by Gasteiger charge is 2.32. The Labute approximate surface area is 121 Å². The van der Waals surface area contributed by atoms with E-state index >= 15 is 0 Å². The molecule has 0 amide bonds. The van der Waals surface area contributed by atoms with E-state index < -0.39 is 5.60 Å². The van der Waals surface area contributed by atoms with E-state index in [9.17, 15) is 9.90 Å². The van der Waals surface area contributed by atoms with E-state index in [1.165, 1.54) is 6.42 Å². The van der Waals surface area contributed by atoms with Crippen molar-refractivity contribution in [3.63, 3.8) is 0 Å². The van der Waals surface area contributed by atoms with E-state index in [0.29, 0.717) is 18.9 Å². The lowest BCUT2D eigenvalue weighted by atomic mass is 9.79. The van der Waals surface area contributed by atoms with Gasteiger partial charge in [-0.2, -0.15) is 0 Å². The highest BCUT2D eigenvalue weighted by molar-refractivity contribution is 5.96. The van der Waals surface area contributed by atoms with Gasteiger partial charge in [-0.1, -0.05) is 26.7 Å². The van der Waals surface area contributed by atoms with Crippen LogP contribution in [-0.4, -0.2) is 23.0 Å². The van der Waals surface area contributed by atoms with E-state index in [2.05, 4.69) is 12.2 Å². The minimum absolute atomic E-state index is 0.163. The molecule has 1 aromatic carbocycles. The van der Waals surface area contributed by atoms with Gasteiger partial charge < -0.3 is 10.4 Å². The predicted octanol–water partition coefficient (Wildman–Crippen LogP) is 3.63. The Morgan fingerprint density at radius 3 is 2.70 bits per heavy atom. The second-order valence-corrected chi connectivity index (χ2v) is 6.13. The summed E-state index contributed by atoms with van der Waals surface area (Å²) in [6, 6.07) is 7.53. The molecule has 3 heteroatoms. The average Bonchev–Trinajstić information content (AvgIpc) is 2.45. The minimum Gasteiger partial charge on any atom is -0.388 e. The van der Waals surface area contributed by atoms with Gasteiger partial charge in [0.25, 0.3) is 0 Å². The van der Waals surface area contributed by atoms with Crippen molar-refractivity contribution in [2.45, 2.75) is 51.6 Å². The molecular weight excluding hydrogens is 250 g/mol. The number of Topliss-reactive ketones (excluding diaryl/α,β-unsaturated/α-hetero) is 1. The van der Waals surface area contributed by atoms with Crippen LogP contribution < -0.4 is 5.32 Å². The highest BCUT2D eigenvalue weighted by atomic mass is 16.3.